The number of nitrogens with one attached hydrogen (secondary N) is 1. The Morgan fingerprint density at radius 1 is 1.50 bits per heavy atom. The second-order valence-electron chi connectivity index (χ2n) is 3.12. The van der Waals surface area contributed by atoms with E-state index in [-0.39, 0.29) is 17.9 Å². The van der Waals surface area contributed by atoms with Gasteiger partial charge in [0.25, 0.3) is 0 Å². The molecule has 12 heavy (non-hydrogen) atoms. The molecule has 4 heteroatoms. The first-order valence-corrected chi connectivity index (χ1v) is 4.30. The van der Waals surface area contributed by atoms with Crippen LogP contribution in [-0.4, -0.2) is 32.2 Å². The van der Waals surface area contributed by atoms with Crippen LogP contribution >= 0.6 is 0 Å². The molecular formula is C8H16N2O2. The molecule has 0 aromatic heterocycles. The van der Waals surface area contributed by atoms with E-state index in [9.17, 15) is 4.79 Å². The largest absolute Gasteiger partial charge is 0.469 e. The summed E-state index contributed by atoms with van der Waals surface area (Å²) in [5.74, 6) is -0.295. The molecule has 0 amide bonds. The van der Waals surface area contributed by atoms with Crippen molar-refractivity contribution in [2.75, 3.05) is 20.2 Å². The van der Waals surface area contributed by atoms with Crippen LogP contribution in [-0.2, 0) is 9.53 Å². The average Bonchev–Trinajstić information content (AvgIpc) is 2.28. The molecule has 1 fully saturated rings. The number of esters is 1. The molecule has 0 aromatic rings. The molecule has 3 N–H and O–H groups in total. The third-order valence-electron chi connectivity index (χ3n) is 2.31. The fourth-order valence-electron chi connectivity index (χ4n) is 1.51. The predicted octanol–water partition coefficient (Wildman–Crippen LogP) is -0.514. The molecule has 0 aromatic carbocycles. The van der Waals surface area contributed by atoms with Gasteiger partial charge in [0.2, 0.25) is 0 Å². The van der Waals surface area contributed by atoms with Crippen molar-refractivity contribution < 1.29 is 9.53 Å². The normalized spacial score (nSPS) is 30.8. The molecule has 1 aliphatic heterocycles. The number of nitrogens with two attached hydrogens (primary N) is 1. The van der Waals surface area contributed by atoms with Crippen LogP contribution < -0.4 is 11.1 Å². The van der Waals surface area contributed by atoms with Crippen LogP contribution in [0.5, 0.6) is 0 Å². The summed E-state index contributed by atoms with van der Waals surface area (Å²) in [6, 6.07) is -0.0487. The zero-order valence-corrected chi connectivity index (χ0v) is 7.38. The van der Waals surface area contributed by atoms with Crippen molar-refractivity contribution in [3.63, 3.8) is 0 Å². The van der Waals surface area contributed by atoms with Gasteiger partial charge in [-0.3, -0.25) is 4.79 Å². The van der Waals surface area contributed by atoms with E-state index in [1.165, 1.54) is 7.11 Å². The predicted molar refractivity (Wildman–Crippen MR) is 45.6 cm³/mol. The average molecular weight is 172 g/mol. The summed E-state index contributed by atoms with van der Waals surface area (Å²) >= 11 is 0. The molecule has 0 unspecified atom stereocenters. The van der Waals surface area contributed by atoms with Gasteiger partial charge in [-0.25, -0.2) is 0 Å². The Morgan fingerprint density at radius 2 is 2.17 bits per heavy atom. The van der Waals surface area contributed by atoms with Gasteiger partial charge in [0, 0.05) is 6.04 Å². The summed E-state index contributed by atoms with van der Waals surface area (Å²) in [4.78, 5) is 11.2. The molecule has 4 nitrogen and oxygen atoms in total. The lowest BCUT2D eigenvalue weighted by Crippen LogP contribution is -2.36. The standard InChI is InChI=1S/C8H16N2O2/c1-12-8(11)6-2-4-10-5-3-7(6)9/h6-7,10H,2-5,9H2,1H3/t6-,7+/m0/s1. The third kappa shape index (κ3) is 2.19. The monoisotopic (exact) mass is 172 g/mol. The lowest BCUT2D eigenvalue weighted by molar-refractivity contribution is -0.146. The van der Waals surface area contributed by atoms with Gasteiger partial charge in [-0.2, -0.15) is 0 Å². The maximum atomic E-state index is 11.2. The summed E-state index contributed by atoms with van der Waals surface area (Å²) in [6.45, 7) is 1.75. The van der Waals surface area contributed by atoms with Crippen molar-refractivity contribution in [2.24, 2.45) is 11.7 Å². The van der Waals surface area contributed by atoms with Crippen LogP contribution in [0, 0.1) is 5.92 Å². The number of methoxy groups -OCH3 is 1. The molecule has 1 heterocycles. The van der Waals surface area contributed by atoms with Crippen molar-refractivity contribution in [1.82, 2.24) is 5.32 Å². The van der Waals surface area contributed by atoms with Gasteiger partial charge in [0.05, 0.1) is 13.0 Å². The van der Waals surface area contributed by atoms with Crippen LogP contribution in [0.25, 0.3) is 0 Å². The molecule has 2 atom stereocenters. The fourth-order valence-corrected chi connectivity index (χ4v) is 1.51. The first-order valence-electron chi connectivity index (χ1n) is 4.30. The number of hydrogen-bond donors (Lipinski definition) is 2. The van der Waals surface area contributed by atoms with E-state index in [1.807, 2.05) is 0 Å². The van der Waals surface area contributed by atoms with E-state index < -0.39 is 0 Å². The van der Waals surface area contributed by atoms with Gasteiger partial charge in [-0.15, -0.1) is 0 Å². The maximum Gasteiger partial charge on any atom is 0.310 e. The highest BCUT2D eigenvalue weighted by Gasteiger charge is 2.27. The Balaban J connectivity index is 2.52. The molecule has 1 saturated heterocycles. The summed E-state index contributed by atoms with van der Waals surface area (Å²) in [5, 5.41) is 3.20. The Hall–Kier alpha value is -0.610. The minimum atomic E-state index is -0.175. The van der Waals surface area contributed by atoms with Crippen molar-refractivity contribution in [1.29, 1.82) is 0 Å². The van der Waals surface area contributed by atoms with Crippen molar-refractivity contribution in [3.05, 3.63) is 0 Å². The highest BCUT2D eigenvalue weighted by atomic mass is 16.5. The van der Waals surface area contributed by atoms with Gasteiger partial charge >= 0.3 is 5.97 Å². The molecule has 1 aliphatic rings. The van der Waals surface area contributed by atoms with Crippen LogP contribution in [0.4, 0.5) is 0 Å². The van der Waals surface area contributed by atoms with E-state index in [2.05, 4.69) is 10.1 Å². The maximum absolute atomic E-state index is 11.2. The first kappa shape index (κ1) is 9.48. The summed E-state index contributed by atoms with van der Waals surface area (Å²) in [7, 11) is 1.41. The lowest BCUT2D eigenvalue weighted by Gasteiger charge is -2.17. The second-order valence-corrected chi connectivity index (χ2v) is 3.12. The fraction of sp³-hybridized carbons (Fsp3) is 0.875. The molecule has 0 aliphatic carbocycles. The number of carbonyl (C=O) groups is 1. The molecule has 1 rings (SSSR count). The number of carbonyl (C=O) groups excluding carboxylic acids is 1. The third-order valence-corrected chi connectivity index (χ3v) is 2.31. The Bertz CT molecular complexity index is 161. The minimum absolute atomic E-state index is 0.0487. The zero-order valence-electron chi connectivity index (χ0n) is 7.38. The SMILES string of the molecule is COC(=O)[C@H]1CCNCC[C@H]1N. The Kier molecular flexibility index (Phi) is 3.49. The molecule has 0 saturated carbocycles. The van der Waals surface area contributed by atoms with E-state index >= 15 is 0 Å². The van der Waals surface area contributed by atoms with E-state index in [0.717, 1.165) is 25.9 Å². The van der Waals surface area contributed by atoms with Crippen LogP contribution in [0.1, 0.15) is 12.8 Å². The number of rotatable bonds is 1. The highest BCUT2D eigenvalue weighted by molar-refractivity contribution is 5.73. The van der Waals surface area contributed by atoms with Crippen LogP contribution in [0.3, 0.4) is 0 Å². The van der Waals surface area contributed by atoms with Crippen LogP contribution in [0.15, 0.2) is 0 Å². The topological polar surface area (TPSA) is 64.3 Å². The summed E-state index contributed by atoms with van der Waals surface area (Å²) in [5.41, 5.74) is 5.81. The minimum Gasteiger partial charge on any atom is -0.469 e. The summed E-state index contributed by atoms with van der Waals surface area (Å²) in [6.07, 6.45) is 1.63. The molecule has 0 radical (unpaired) electrons. The Labute approximate surface area is 72.5 Å². The number of hydrogen-bond acceptors (Lipinski definition) is 4. The summed E-state index contributed by atoms with van der Waals surface area (Å²) < 4.78 is 4.67. The van der Waals surface area contributed by atoms with Gasteiger partial charge in [-0.1, -0.05) is 0 Å². The molecule has 0 bridgehead atoms. The quantitative estimate of drug-likeness (QED) is 0.523. The van der Waals surface area contributed by atoms with E-state index in [0.29, 0.717) is 0 Å². The van der Waals surface area contributed by atoms with Crippen LogP contribution in [0.2, 0.25) is 0 Å². The lowest BCUT2D eigenvalue weighted by atomic mass is 9.96. The number of ether oxygens (including phenoxy) is 1. The smallest absolute Gasteiger partial charge is 0.310 e. The van der Waals surface area contributed by atoms with Crippen molar-refractivity contribution in [3.8, 4) is 0 Å². The van der Waals surface area contributed by atoms with E-state index in [1.54, 1.807) is 0 Å². The van der Waals surface area contributed by atoms with Gasteiger partial charge in [0.1, 0.15) is 0 Å². The molecule has 0 spiro atoms. The second kappa shape index (κ2) is 4.42. The zero-order chi connectivity index (χ0) is 8.97. The highest BCUT2D eigenvalue weighted by Crippen LogP contribution is 2.13. The van der Waals surface area contributed by atoms with E-state index in [4.69, 9.17) is 5.73 Å². The first-order chi connectivity index (χ1) is 5.75. The molecule has 70 valence electrons. The van der Waals surface area contributed by atoms with Crippen molar-refractivity contribution >= 4 is 5.97 Å². The van der Waals surface area contributed by atoms with Crippen molar-refractivity contribution in [2.45, 2.75) is 18.9 Å². The Morgan fingerprint density at radius 3 is 2.83 bits per heavy atom. The van der Waals surface area contributed by atoms with Gasteiger partial charge in [-0.05, 0) is 25.9 Å². The molecular weight excluding hydrogens is 156 g/mol. The van der Waals surface area contributed by atoms with Gasteiger partial charge < -0.3 is 15.8 Å². The van der Waals surface area contributed by atoms with Gasteiger partial charge in [0.15, 0.2) is 0 Å².